The van der Waals surface area contributed by atoms with Crippen LogP contribution in [0.25, 0.3) is 22.4 Å². The predicted octanol–water partition coefficient (Wildman–Crippen LogP) is 6.40. The second-order valence-electron chi connectivity index (χ2n) is 8.04. The van der Waals surface area contributed by atoms with Gasteiger partial charge in [-0.3, -0.25) is 9.59 Å². The first kappa shape index (κ1) is 23.1. The summed E-state index contributed by atoms with van der Waals surface area (Å²) in [6.45, 7) is 0. The molecule has 0 saturated heterocycles. The molecule has 1 heterocycles. The Morgan fingerprint density at radius 2 is 1.36 bits per heavy atom. The minimum Gasteiger partial charge on any atom is -0.497 e. The van der Waals surface area contributed by atoms with Crippen LogP contribution < -0.4 is 15.4 Å². The molecule has 3 N–H and O–H groups in total. The van der Waals surface area contributed by atoms with Crippen molar-refractivity contribution in [2.24, 2.45) is 0 Å². The molecule has 4 aromatic carbocycles. The maximum Gasteiger partial charge on any atom is 0.255 e. The smallest absolute Gasteiger partial charge is 0.255 e. The molecule has 0 aliphatic heterocycles. The summed E-state index contributed by atoms with van der Waals surface area (Å²) in [6, 6.07) is 26.5. The molecule has 5 rings (SSSR count). The first-order valence-corrected chi connectivity index (χ1v) is 11.5. The lowest BCUT2D eigenvalue weighted by atomic mass is 10.1. The number of hydrogen-bond acceptors (Lipinski definition) is 4. The number of ether oxygens (including phenoxy) is 1. The van der Waals surface area contributed by atoms with Crippen LogP contribution in [0, 0.1) is 0 Å². The van der Waals surface area contributed by atoms with Crippen molar-refractivity contribution in [2.45, 2.75) is 0 Å². The predicted molar refractivity (Wildman–Crippen MR) is 142 cm³/mol. The molecule has 0 fully saturated rings. The Balaban J connectivity index is 1.29. The van der Waals surface area contributed by atoms with E-state index in [-0.39, 0.29) is 11.8 Å². The van der Waals surface area contributed by atoms with E-state index in [1.54, 1.807) is 67.8 Å². The van der Waals surface area contributed by atoms with Crippen molar-refractivity contribution in [1.29, 1.82) is 0 Å². The first-order chi connectivity index (χ1) is 17.5. The van der Waals surface area contributed by atoms with E-state index in [1.165, 1.54) is 0 Å². The number of carbonyl (C=O) groups is 2. The van der Waals surface area contributed by atoms with Crippen molar-refractivity contribution >= 4 is 45.8 Å². The van der Waals surface area contributed by atoms with Gasteiger partial charge in [0.05, 0.1) is 18.1 Å². The van der Waals surface area contributed by atoms with Crippen LogP contribution in [0.2, 0.25) is 5.02 Å². The molecule has 0 bridgehead atoms. The molecule has 0 aliphatic rings. The number of hydrogen-bond donors (Lipinski definition) is 3. The van der Waals surface area contributed by atoms with Gasteiger partial charge in [-0.1, -0.05) is 11.6 Å². The zero-order chi connectivity index (χ0) is 25.1. The van der Waals surface area contributed by atoms with Crippen LogP contribution in [0.4, 0.5) is 11.4 Å². The molecule has 0 aliphatic carbocycles. The second kappa shape index (κ2) is 9.93. The van der Waals surface area contributed by atoms with Crippen molar-refractivity contribution in [3.8, 4) is 17.1 Å². The Labute approximate surface area is 212 Å². The van der Waals surface area contributed by atoms with Crippen LogP contribution >= 0.6 is 11.6 Å². The van der Waals surface area contributed by atoms with Crippen molar-refractivity contribution in [3.63, 3.8) is 0 Å². The minimum atomic E-state index is -0.235. The van der Waals surface area contributed by atoms with Crippen molar-refractivity contribution in [2.75, 3.05) is 17.7 Å². The molecule has 8 heteroatoms. The van der Waals surface area contributed by atoms with Gasteiger partial charge in [0.2, 0.25) is 0 Å². The standard InChI is InChI=1S/C28H21ClN4O3/c1-36-23-13-4-18(5-14-23)27(34)30-21-9-2-17(3-10-21)26-32-24-15-6-19(16-25(24)33-26)28(35)31-22-11-7-20(29)8-12-22/h2-16H,1H3,(H,30,34)(H,31,35)(H,32,33). The van der Waals surface area contributed by atoms with Crippen molar-refractivity contribution < 1.29 is 14.3 Å². The second-order valence-corrected chi connectivity index (χ2v) is 8.47. The average molecular weight is 497 g/mol. The molecule has 2 amide bonds. The molecule has 0 unspecified atom stereocenters. The van der Waals surface area contributed by atoms with Gasteiger partial charge in [-0.15, -0.1) is 0 Å². The largest absolute Gasteiger partial charge is 0.497 e. The maximum absolute atomic E-state index is 12.7. The van der Waals surface area contributed by atoms with Crippen molar-refractivity contribution in [3.05, 3.63) is 107 Å². The van der Waals surface area contributed by atoms with E-state index < -0.39 is 0 Å². The summed E-state index contributed by atoms with van der Waals surface area (Å²) < 4.78 is 5.13. The summed E-state index contributed by atoms with van der Waals surface area (Å²) in [5, 5.41) is 6.34. The molecular formula is C28H21ClN4O3. The Morgan fingerprint density at radius 1 is 0.778 bits per heavy atom. The van der Waals surface area contributed by atoms with Gasteiger partial charge in [0.1, 0.15) is 11.6 Å². The summed E-state index contributed by atoms with van der Waals surface area (Å²) in [5.74, 6) is 0.906. The normalized spacial score (nSPS) is 10.7. The number of benzene rings is 4. The topological polar surface area (TPSA) is 96.1 Å². The number of anilines is 2. The summed E-state index contributed by atoms with van der Waals surface area (Å²) in [4.78, 5) is 33.1. The van der Waals surface area contributed by atoms with Gasteiger partial charge in [0, 0.05) is 33.1 Å². The molecule has 178 valence electrons. The number of aromatic amines is 1. The van der Waals surface area contributed by atoms with Gasteiger partial charge in [0.25, 0.3) is 11.8 Å². The maximum atomic E-state index is 12.7. The fraction of sp³-hybridized carbons (Fsp3) is 0.0357. The number of nitrogens with one attached hydrogen (secondary N) is 3. The first-order valence-electron chi connectivity index (χ1n) is 11.1. The molecule has 7 nitrogen and oxygen atoms in total. The van der Waals surface area contributed by atoms with Crippen LogP contribution in [-0.2, 0) is 0 Å². The molecule has 0 atom stereocenters. The van der Waals surface area contributed by atoms with E-state index in [0.29, 0.717) is 44.6 Å². The third-order valence-electron chi connectivity index (χ3n) is 5.62. The Kier molecular flexibility index (Phi) is 6.38. The monoisotopic (exact) mass is 496 g/mol. The molecule has 36 heavy (non-hydrogen) atoms. The molecule has 1 aromatic heterocycles. The Bertz CT molecular complexity index is 1540. The van der Waals surface area contributed by atoms with Gasteiger partial charge in [0.15, 0.2) is 0 Å². The lowest BCUT2D eigenvalue weighted by molar-refractivity contribution is 0.101. The number of nitrogens with zero attached hydrogens (tertiary/aromatic N) is 1. The zero-order valence-corrected chi connectivity index (χ0v) is 20.0. The molecule has 0 radical (unpaired) electrons. The molecule has 0 saturated carbocycles. The number of imidazole rings is 1. The van der Waals surface area contributed by atoms with Gasteiger partial charge in [-0.05, 0) is 91.0 Å². The number of carbonyl (C=O) groups excluding carboxylic acids is 2. The Morgan fingerprint density at radius 3 is 2.00 bits per heavy atom. The van der Waals surface area contributed by atoms with Gasteiger partial charge < -0.3 is 20.4 Å². The quantitative estimate of drug-likeness (QED) is 0.253. The SMILES string of the molecule is COc1ccc(C(=O)Nc2ccc(-c3nc4cc(C(=O)Nc5ccc(Cl)cc5)ccc4[nH]3)cc2)cc1. The minimum absolute atomic E-state index is 0.210. The van der Waals surface area contributed by atoms with Gasteiger partial charge >= 0.3 is 0 Å². The zero-order valence-electron chi connectivity index (χ0n) is 19.2. The molecule has 5 aromatic rings. The lowest BCUT2D eigenvalue weighted by Crippen LogP contribution is -2.11. The van der Waals surface area contributed by atoms with Crippen LogP contribution in [0.3, 0.4) is 0 Å². The molecule has 0 spiro atoms. The number of rotatable bonds is 6. The summed E-state index contributed by atoms with van der Waals surface area (Å²) in [7, 11) is 1.58. The van der Waals surface area contributed by atoms with Crippen molar-refractivity contribution in [1.82, 2.24) is 9.97 Å². The summed E-state index contributed by atoms with van der Waals surface area (Å²) in [6.07, 6.45) is 0. The van der Waals surface area contributed by atoms with E-state index in [9.17, 15) is 9.59 Å². The number of fused-ring (bicyclic) bond motifs is 1. The van der Waals surface area contributed by atoms with E-state index in [0.717, 1.165) is 11.1 Å². The number of aromatic nitrogens is 2. The third kappa shape index (κ3) is 5.06. The number of methoxy groups -OCH3 is 1. The summed E-state index contributed by atoms with van der Waals surface area (Å²) in [5.41, 5.74) is 4.68. The highest BCUT2D eigenvalue weighted by Gasteiger charge is 2.12. The van der Waals surface area contributed by atoms with Gasteiger partial charge in [-0.2, -0.15) is 0 Å². The lowest BCUT2D eigenvalue weighted by Gasteiger charge is -2.07. The average Bonchev–Trinajstić information content (AvgIpc) is 3.34. The van der Waals surface area contributed by atoms with E-state index in [1.807, 2.05) is 30.3 Å². The third-order valence-corrected chi connectivity index (χ3v) is 5.87. The van der Waals surface area contributed by atoms with E-state index in [4.69, 9.17) is 16.3 Å². The Hall–Kier alpha value is -4.62. The number of H-pyrrole nitrogens is 1. The van der Waals surface area contributed by atoms with Crippen LogP contribution in [-0.4, -0.2) is 28.9 Å². The highest BCUT2D eigenvalue weighted by molar-refractivity contribution is 6.30. The fourth-order valence-electron chi connectivity index (χ4n) is 3.68. The summed E-state index contributed by atoms with van der Waals surface area (Å²) >= 11 is 5.90. The number of amides is 2. The highest BCUT2D eigenvalue weighted by Crippen LogP contribution is 2.24. The number of halogens is 1. The highest BCUT2D eigenvalue weighted by atomic mass is 35.5. The van der Waals surface area contributed by atoms with Crippen LogP contribution in [0.15, 0.2) is 91.0 Å². The van der Waals surface area contributed by atoms with E-state index >= 15 is 0 Å². The van der Waals surface area contributed by atoms with Crippen LogP contribution in [0.1, 0.15) is 20.7 Å². The molecular weight excluding hydrogens is 476 g/mol. The fourth-order valence-corrected chi connectivity index (χ4v) is 3.80. The van der Waals surface area contributed by atoms with Crippen LogP contribution in [0.5, 0.6) is 5.75 Å². The van der Waals surface area contributed by atoms with Gasteiger partial charge in [-0.25, -0.2) is 4.98 Å². The van der Waals surface area contributed by atoms with E-state index in [2.05, 4.69) is 20.6 Å².